The molecule has 0 radical (unpaired) electrons. The van der Waals surface area contributed by atoms with Crippen LogP contribution in [0.5, 0.6) is 0 Å². The molecule has 116 valence electrons. The minimum atomic E-state index is -0.139. The van der Waals surface area contributed by atoms with Gasteiger partial charge in [0.15, 0.2) is 5.11 Å². The van der Waals surface area contributed by atoms with Crippen molar-refractivity contribution < 1.29 is 4.39 Å². The Kier molecular flexibility index (Phi) is 6.68. The average molecular weight is 334 g/mol. The molecule has 0 aliphatic carbocycles. The van der Waals surface area contributed by atoms with E-state index in [4.69, 9.17) is 12.2 Å². The largest absolute Gasteiger partial charge is 0.362 e. The zero-order valence-corrected chi connectivity index (χ0v) is 14.1. The molecule has 2 aromatic carbocycles. The lowest BCUT2D eigenvalue weighted by atomic mass is 10.2. The third kappa shape index (κ3) is 5.66. The molecular weight excluding hydrogens is 315 g/mol. The molecule has 2 rings (SSSR count). The standard InChI is InChI=1S/C17H19FN2S2/c1-13-6-8-15(9-7-13)20-17(21)19-10-11-22-12-14-4-2-3-5-16(14)18/h2-9H,10-12H2,1H3,(H2,19,20,21). The van der Waals surface area contributed by atoms with E-state index in [1.807, 2.05) is 43.3 Å². The van der Waals surface area contributed by atoms with Crippen LogP contribution in [0.15, 0.2) is 48.5 Å². The molecular formula is C17H19FN2S2. The third-order valence-corrected chi connectivity index (χ3v) is 4.31. The second-order valence-electron chi connectivity index (χ2n) is 4.89. The van der Waals surface area contributed by atoms with E-state index in [-0.39, 0.29) is 5.82 Å². The quantitative estimate of drug-likeness (QED) is 0.606. The minimum absolute atomic E-state index is 0.139. The van der Waals surface area contributed by atoms with Crippen molar-refractivity contribution in [1.82, 2.24) is 5.32 Å². The highest BCUT2D eigenvalue weighted by Crippen LogP contribution is 2.14. The summed E-state index contributed by atoms with van der Waals surface area (Å²) in [5.74, 6) is 1.40. The van der Waals surface area contributed by atoms with E-state index in [9.17, 15) is 4.39 Å². The number of hydrogen-bond acceptors (Lipinski definition) is 2. The van der Waals surface area contributed by atoms with E-state index in [1.165, 1.54) is 11.6 Å². The fourth-order valence-corrected chi connectivity index (χ4v) is 2.91. The number of nitrogens with one attached hydrogen (secondary N) is 2. The molecule has 0 spiro atoms. The summed E-state index contributed by atoms with van der Waals surface area (Å²) in [7, 11) is 0. The van der Waals surface area contributed by atoms with Crippen LogP contribution in [0.4, 0.5) is 10.1 Å². The Morgan fingerprint density at radius 3 is 2.59 bits per heavy atom. The van der Waals surface area contributed by atoms with Crippen LogP contribution in [0.25, 0.3) is 0 Å². The van der Waals surface area contributed by atoms with E-state index in [0.29, 0.717) is 10.9 Å². The Hall–Kier alpha value is -1.59. The van der Waals surface area contributed by atoms with Gasteiger partial charge < -0.3 is 10.6 Å². The highest BCUT2D eigenvalue weighted by atomic mass is 32.2. The molecule has 0 saturated carbocycles. The summed E-state index contributed by atoms with van der Waals surface area (Å²) in [5, 5.41) is 6.90. The molecule has 2 nitrogen and oxygen atoms in total. The van der Waals surface area contributed by atoms with Gasteiger partial charge in [0.2, 0.25) is 0 Å². The van der Waals surface area contributed by atoms with Crippen molar-refractivity contribution in [3.05, 3.63) is 65.5 Å². The van der Waals surface area contributed by atoms with Crippen molar-refractivity contribution in [2.24, 2.45) is 0 Å². The van der Waals surface area contributed by atoms with Crippen LogP contribution < -0.4 is 10.6 Å². The van der Waals surface area contributed by atoms with E-state index in [0.717, 1.165) is 23.5 Å². The minimum Gasteiger partial charge on any atom is -0.362 e. The molecule has 0 amide bonds. The Balaban J connectivity index is 1.63. The first-order valence-electron chi connectivity index (χ1n) is 7.08. The van der Waals surface area contributed by atoms with Crippen LogP contribution in [0, 0.1) is 12.7 Å². The zero-order valence-electron chi connectivity index (χ0n) is 12.4. The van der Waals surface area contributed by atoms with Gasteiger partial charge in [-0.15, -0.1) is 0 Å². The average Bonchev–Trinajstić information content (AvgIpc) is 2.51. The van der Waals surface area contributed by atoms with Gasteiger partial charge in [0.25, 0.3) is 0 Å². The normalized spacial score (nSPS) is 10.3. The predicted octanol–water partition coefficient (Wildman–Crippen LogP) is 4.35. The molecule has 22 heavy (non-hydrogen) atoms. The van der Waals surface area contributed by atoms with Gasteiger partial charge in [-0.3, -0.25) is 0 Å². The molecule has 0 aromatic heterocycles. The number of rotatable bonds is 6. The highest BCUT2D eigenvalue weighted by molar-refractivity contribution is 7.98. The first-order chi connectivity index (χ1) is 10.6. The Bertz CT molecular complexity index is 614. The molecule has 0 aliphatic heterocycles. The second kappa shape index (κ2) is 8.76. The maximum absolute atomic E-state index is 13.4. The number of thiocarbonyl (C=S) groups is 1. The van der Waals surface area contributed by atoms with Gasteiger partial charge in [0.1, 0.15) is 5.82 Å². The molecule has 0 saturated heterocycles. The van der Waals surface area contributed by atoms with Crippen molar-refractivity contribution in [2.45, 2.75) is 12.7 Å². The Morgan fingerprint density at radius 2 is 1.86 bits per heavy atom. The molecule has 0 heterocycles. The fourth-order valence-electron chi connectivity index (χ4n) is 1.85. The van der Waals surface area contributed by atoms with Crippen LogP contribution in [0.2, 0.25) is 0 Å². The number of aryl methyl sites for hydroxylation is 1. The third-order valence-electron chi connectivity index (χ3n) is 3.06. The summed E-state index contributed by atoms with van der Waals surface area (Å²) in [6.45, 7) is 2.80. The van der Waals surface area contributed by atoms with Gasteiger partial charge in [0, 0.05) is 23.7 Å². The summed E-state index contributed by atoms with van der Waals surface area (Å²) >= 11 is 6.92. The van der Waals surface area contributed by atoms with E-state index < -0.39 is 0 Å². The first-order valence-corrected chi connectivity index (χ1v) is 8.64. The lowest BCUT2D eigenvalue weighted by molar-refractivity contribution is 0.617. The van der Waals surface area contributed by atoms with Gasteiger partial charge in [-0.05, 0) is 42.9 Å². The van der Waals surface area contributed by atoms with Crippen LogP contribution in [0.3, 0.4) is 0 Å². The van der Waals surface area contributed by atoms with Crippen molar-refractivity contribution in [3.63, 3.8) is 0 Å². The number of benzene rings is 2. The van der Waals surface area contributed by atoms with Gasteiger partial charge in [0.05, 0.1) is 0 Å². The summed E-state index contributed by atoms with van der Waals surface area (Å²) < 4.78 is 13.4. The second-order valence-corrected chi connectivity index (χ2v) is 6.40. The van der Waals surface area contributed by atoms with E-state index in [2.05, 4.69) is 10.6 Å². The number of thioether (sulfide) groups is 1. The highest BCUT2D eigenvalue weighted by Gasteiger charge is 2.01. The van der Waals surface area contributed by atoms with Gasteiger partial charge in [-0.2, -0.15) is 11.8 Å². The van der Waals surface area contributed by atoms with Crippen LogP contribution >= 0.6 is 24.0 Å². The summed E-state index contributed by atoms with van der Waals surface area (Å²) in [6.07, 6.45) is 0. The van der Waals surface area contributed by atoms with E-state index >= 15 is 0 Å². The van der Waals surface area contributed by atoms with E-state index in [1.54, 1.807) is 17.8 Å². The maximum Gasteiger partial charge on any atom is 0.170 e. The van der Waals surface area contributed by atoms with Crippen LogP contribution in [0.1, 0.15) is 11.1 Å². The molecule has 2 N–H and O–H groups in total. The molecule has 2 aromatic rings. The molecule has 0 bridgehead atoms. The monoisotopic (exact) mass is 334 g/mol. The summed E-state index contributed by atoms with van der Waals surface area (Å²) in [5.41, 5.74) is 2.93. The van der Waals surface area contributed by atoms with Gasteiger partial charge >= 0.3 is 0 Å². The van der Waals surface area contributed by atoms with Crippen molar-refractivity contribution in [3.8, 4) is 0 Å². The molecule has 5 heteroatoms. The molecule has 0 aliphatic rings. The topological polar surface area (TPSA) is 24.1 Å². The van der Waals surface area contributed by atoms with Gasteiger partial charge in [-0.1, -0.05) is 35.9 Å². The lowest BCUT2D eigenvalue weighted by Crippen LogP contribution is -2.30. The van der Waals surface area contributed by atoms with Crippen molar-refractivity contribution >= 4 is 34.8 Å². The number of hydrogen-bond donors (Lipinski definition) is 2. The maximum atomic E-state index is 13.4. The van der Waals surface area contributed by atoms with Crippen LogP contribution in [-0.4, -0.2) is 17.4 Å². The molecule has 0 fully saturated rings. The predicted molar refractivity (Wildman–Crippen MR) is 98.0 cm³/mol. The van der Waals surface area contributed by atoms with Crippen molar-refractivity contribution in [2.75, 3.05) is 17.6 Å². The van der Waals surface area contributed by atoms with Crippen molar-refractivity contribution in [1.29, 1.82) is 0 Å². The summed E-state index contributed by atoms with van der Waals surface area (Å²) in [6, 6.07) is 14.9. The lowest BCUT2D eigenvalue weighted by Gasteiger charge is -2.10. The smallest absolute Gasteiger partial charge is 0.170 e. The Labute approximate surface area is 140 Å². The van der Waals surface area contributed by atoms with Crippen LogP contribution in [-0.2, 0) is 5.75 Å². The summed E-state index contributed by atoms with van der Waals surface area (Å²) in [4.78, 5) is 0. The Morgan fingerprint density at radius 1 is 1.14 bits per heavy atom. The SMILES string of the molecule is Cc1ccc(NC(=S)NCCSCc2ccccc2F)cc1. The first kappa shape index (κ1) is 16.8. The number of halogens is 1. The fraction of sp³-hybridized carbons (Fsp3) is 0.235. The molecule has 0 atom stereocenters. The molecule has 0 unspecified atom stereocenters. The van der Waals surface area contributed by atoms with Gasteiger partial charge in [-0.25, -0.2) is 4.39 Å². The zero-order chi connectivity index (χ0) is 15.8. The number of anilines is 1.